The predicted molar refractivity (Wildman–Crippen MR) is 86.7 cm³/mol. The van der Waals surface area contributed by atoms with Crippen LogP contribution in [0, 0.1) is 6.92 Å². The monoisotopic (exact) mass is 432 g/mol. The maximum absolute atomic E-state index is 12.9. The van der Waals surface area contributed by atoms with Gasteiger partial charge >= 0.3 is 11.6 Å². The Morgan fingerprint density at radius 1 is 1.26 bits per heavy atom. The minimum Gasteiger partial charge on any atom is -0.504 e. The molecule has 0 aliphatic rings. The lowest BCUT2D eigenvalue weighted by molar-refractivity contribution is -0.159. The number of aromatic nitrogens is 1. The summed E-state index contributed by atoms with van der Waals surface area (Å²) in [6, 6.07) is 3.33. The number of aromatic hydroxyl groups is 1. The van der Waals surface area contributed by atoms with E-state index in [1.807, 2.05) is 0 Å². The number of nitrogens with zero attached hydrogens (tertiary/aromatic N) is 2. The summed E-state index contributed by atoms with van der Waals surface area (Å²) in [6.07, 6.45) is -2.09. The second kappa shape index (κ2) is 7.11. The van der Waals surface area contributed by atoms with Gasteiger partial charge in [0.15, 0.2) is 22.2 Å². The Morgan fingerprint density at radius 2 is 1.89 bits per heavy atom. The van der Waals surface area contributed by atoms with Crippen molar-refractivity contribution in [1.29, 1.82) is 0 Å². The number of sulfone groups is 1. The third kappa shape index (κ3) is 5.19. The molecule has 0 bridgehead atoms. The molecule has 0 fully saturated rings. The van der Waals surface area contributed by atoms with Crippen LogP contribution >= 0.6 is 11.3 Å². The van der Waals surface area contributed by atoms with E-state index in [0.717, 1.165) is 23.5 Å². The van der Waals surface area contributed by atoms with E-state index in [1.54, 1.807) is 6.92 Å². The highest BCUT2D eigenvalue weighted by Gasteiger charge is 2.45. The molecule has 1 aromatic heterocycles. The Bertz CT molecular complexity index is 1000. The third-order valence-corrected chi connectivity index (χ3v) is 5.11. The fraction of sp³-hybridized carbons (Fsp3) is 0.357. The number of phenolic OH excluding ortho intramolecular Hbond substituents is 1. The Hall–Kier alpha value is -2.15. The quantitative estimate of drug-likeness (QED) is 0.735. The highest BCUT2D eigenvalue weighted by atomic mass is 32.2. The van der Waals surface area contributed by atoms with E-state index >= 15 is 0 Å². The Labute approximate surface area is 154 Å². The van der Waals surface area contributed by atoms with Gasteiger partial charge < -0.3 is 9.84 Å². The zero-order valence-corrected chi connectivity index (χ0v) is 15.4. The smallest absolute Gasteiger partial charge is 0.499 e. The van der Waals surface area contributed by atoms with Crippen LogP contribution in [-0.2, 0) is 9.84 Å². The summed E-state index contributed by atoms with van der Waals surface area (Å²) in [4.78, 5) is 3.99. The molecule has 1 heterocycles. The van der Waals surface area contributed by atoms with Crippen LogP contribution in [0.1, 0.15) is 11.8 Å². The zero-order valence-electron chi connectivity index (χ0n) is 13.8. The molecule has 0 saturated carbocycles. The van der Waals surface area contributed by atoms with Gasteiger partial charge in [0.05, 0.1) is 5.69 Å². The van der Waals surface area contributed by atoms with E-state index in [9.17, 15) is 35.5 Å². The van der Waals surface area contributed by atoms with Crippen LogP contribution in [0.5, 0.6) is 11.5 Å². The van der Waals surface area contributed by atoms with Crippen LogP contribution in [0.3, 0.4) is 0 Å². The van der Waals surface area contributed by atoms with Crippen molar-refractivity contribution in [3.05, 3.63) is 34.1 Å². The average Bonchev–Trinajstić information content (AvgIpc) is 2.86. The first kappa shape index (κ1) is 21.2. The van der Waals surface area contributed by atoms with Gasteiger partial charge in [-0.1, -0.05) is 0 Å². The summed E-state index contributed by atoms with van der Waals surface area (Å²) in [5.74, 6) is -2.65. The Morgan fingerprint density at radius 3 is 2.41 bits per heavy atom. The van der Waals surface area contributed by atoms with E-state index in [-0.39, 0.29) is 10.5 Å². The molecule has 0 amide bonds. The molecule has 0 spiro atoms. The van der Waals surface area contributed by atoms with Crippen molar-refractivity contribution in [2.24, 2.45) is 4.99 Å². The summed E-state index contributed by atoms with van der Waals surface area (Å²) in [7, 11) is -5.45. The van der Waals surface area contributed by atoms with Gasteiger partial charge in [0.2, 0.25) is 0 Å². The van der Waals surface area contributed by atoms with Gasteiger partial charge in [0.1, 0.15) is 0 Å². The molecule has 2 rings (SSSR count). The maximum Gasteiger partial charge on any atom is 0.499 e. The van der Waals surface area contributed by atoms with Crippen LogP contribution < -0.4 is 9.54 Å². The first-order valence-corrected chi connectivity index (χ1v) is 9.55. The maximum atomic E-state index is 12.9. The molecule has 0 radical (unpaired) electrons. The molecular formula is C14H13F5N2O4S2. The van der Waals surface area contributed by atoms with Crippen molar-refractivity contribution in [1.82, 2.24) is 4.57 Å². The van der Waals surface area contributed by atoms with E-state index in [2.05, 4.69) is 9.73 Å². The molecule has 13 heteroatoms. The lowest BCUT2D eigenvalue weighted by Gasteiger charge is -2.14. The van der Waals surface area contributed by atoms with Crippen molar-refractivity contribution >= 4 is 21.2 Å². The molecule has 150 valence electrons. The number of rotatable bonds is 5. The normalized spacial score (nSPS) is 13.8. The number of ether oxygens (including phenoxy) is 1. The van der Waals surface area contributed by atoms with Gasteiger partial charge in [0.25, 0.3) is 9.84 Å². The third-order valence-electron chi connectivity index (χ3n) is 3.00. The summed E-state index contributed by atoms with van der Waals surface area (Å²) in [6.45, 7) is 2.09. The first-order valence-electron chi connectivity index (χ1n) is 7.08. The fourth-order valence-corrected chi connectivity index (χ4v) is 3.25. The molecule has 27 heavy (non-hydrogen) atoms. The molecule has 2 aromatic rings. The number of benzene rings is 1. The minimum absolute atomic E-state index is 0.0887. The van der Waals surface area contributed by atoms with E-state index in [4.69, 9.17) is 0 Å². The molecule has 0 aliphatic heterocycles. The van der Waals surface area contributed by atoms with E-state index < -0.39 is 38.8 Å². The second-order valence-electron chi connectivity index (χ2n) is 5.40. The van der Waals surface area contributed by atoms with Gasteiger partial charge in [-0.15, -0.1) is 11.3 Å². The average molecular weight is 432 g/mol. The van der Waals surface area contributed by atoms with Crippen molar-refractivity contribution in [2.45, 2.75) is 25.5 Å². The molecule has 0 unspecified atom stereocenters. The molecule has 1 N–H and O–H groups in total. The molecule has 6 nitrogen and oxygen atoms in total. The van der Waals surface area contributed by atoms with Gasteiger partial charge in [-0.2, -0.15) is 22.0 Å². The van der Waals surface area contributed by atoms with Gasteiger partial charge in [-0.3, -0.25) is 4.57 Å². The molecule has 0 aliphatic carbocycles. The number of thiazole rings is 1. The zero-order chi connectivity index (χ0) is 20.6. The van der Waals surface area contributed by atoms with E-state index in [0.29, 0.717) is 11.8 Å². The molecular weight excluding hydrogens is 419 g/mol. The number of alkyl halides is 5. The summed E-state index contributed by atoms with van der Waals surface area (Å²) < 4.78 is 90.9. The van der Waals surface area contributed by atoms with Crippen molar-refractivity contribution < 1.29 is 40.2 Å². The number of aryl methyl sites for hydroxylation is 1. The number of halogens is 5. The number of phenols is 1. The number of hydrogen-bond donors (Lipinski definition) is 1. The van der Waals surface area contributed by atoms with Crippen molar-refractivity contribution in [2.75, 3.05) is 5.88 Å². The molecule has 0 saturated heterocycles. The lowest BCUT2D eigenvalue weighted by Crippen LogP contribution is -2.26. The lowest BCUT2D eigenvalue weighted by atomic mass is 10.2. The largest absolute Gasteiger partial charge is 0.504 e. The van der Waals surface area contributed by atoms with Crippen molar-refractivity contribution in [3.8, 4) is 17.2 Å². The van der Waals surface area contributed by atoms with Crippen LogP contribution in [0.25, 0.3) is 5.69 Å². The predicted octanol–water partition coefficient (Wildman–Crippen LogP) is 3.34. The minimum atomic E-state index is -5.45. The fourth-order valence-electron chi connectivity index (χ4n) is 1.90. The van der Waals surface area contributed by atoms with Gasteiger partial charge in [-0.25, -0.2) is 13.4 Å². The summed E-state index contributed by atoms with van der Waals surface area (Å²) >= 11 is 0.912. The van der Waals surface area contributed by atoms with Gasteiger partial charge in [0, 0.05) is 24.1 Å². The van der Waals surface area contributed by atoms with Gasteiger partial charge in [-0.05, 0) is 19.1 Å². The SMILES string of the molecule is Cc1cn(-c2ccc(OC(C)(F)F)c(O)c2)c(=NCS(=O)(=O)C(F)(F)F)s1. The van der Waals surface area contributed by atoms with Crippen LogP contribution in [0.2, 0.25) is 0 Å². The van der Waals surface area contributed by atoms with Crippen LogP contribution in [-0.4, -0.2) is 35.6 Å². The summed E-state index contributed by atoms with van der Waals surface area (Å²) in [5.41, 5.74) is -5.28. The molecule has 0 atom stereocenters. The summed E-state index contributed by atoms with van der Waals surface area (Å²) in [5, 5.41) is 9.84. The van der Waals surface area contributed by atoms with Crippen LogP contribution in [0.15, 0.2) is 29.4 Å². The van der Waals surface area contributed by atoms with Crippen molar-refractivity contribution in [3.63, 3.8) is 0 Å². The number of hydrogen-bond acceptors (Lipinski definition) is 6. The van der Waals surface area contributed by atoms with Crippen LogP contribution in [0.4, 0.5) is 22.0 Å². The first-order chi connectivity index (χ1) is 12.2. The van der Waals surface area contributed by atoms with E-state index in [1.165, 1.54) is 16.8 Å². The topological polar surface area (TPSA) is 80.9 Å². The Balaban J connectivity index is 2.44. The highest BCUT2D eigenvalue weighted by molar-refractivity contribution is 7.92. The second-order valence-corrected chi connectivity index (χ2v) is 8.57. The standard InChI is InChI=1S/C14H13F5N2O4S2/c1-8-6-21(12(26-8)20-7-27(23,24)14(17,18)19)9-3-4-11(10(22)5-9)25-13(2,15)16/h3-6,22H,7H2,1-2H3. The Kier molecular flexibility index (Phi) is 5.57. The highest BCUT2D eigenvalue weighted by Crippen LogP contribution is 2.32. The molecule has 1 aromatic carbocycles.